The van der Waals surface area contributed by atoms with E-state index < -0.39 is 0 Å². The molecule has 1 heteroatoms. The van der Waals surface area contributed by atoms with Crippen LogP contribution < -0.4 is 0 Å². The van der Waals surface area contributed by atoms with Crippen molar-refractivity contribution in [3.63, 3.8) is 0 Å². The van der Waals surface area contributed by atoms with Crippen LogP contribution in [0.2, 0.25) is 0 Å². The SMILES string of the molecule is CC(C)C[c-]1cccc1.CC(C)C[c-]1cccc1.[Hf]. The van der Waals surface area contributed by atoms with Gasteiger partial charge >= 0.3 is 0 Å². The molecule has 0 aromatic heterocycles. The Kier molecular flexibility index (Phi) is 10.1. The van der Waals surface area contributed by atoms with Gasteiger partial charge in [-0.25, -0.2) is 24.3 Å². The van der Waals surface area contributed by atoms with E-state index in [0.717, 1.165) is 11.8 Å². The molecule has 0 nitrogen and oxygen atoms in total. The van der Waals surface area contributed by atoms with Gasteiger partial charge in [-0.1, -0.05) is 52.4 Å². The molecule has 0 aliphatic carbocycles. The third-order valence-electron chi connectivity index (χ3n) is 2.75. The van der Waals surface area contributed by atoms with Crippen LogP contribution in [-0.4, -0.2) is 0 Å². The Bertz CT molecular complexity index is 339. The Morgan fingerprint density at radius 1 is 0.632 bits per heavy atom. The maximum atomic E-state index is 2.24. The van der Waals surface area contributed by atoms with Gasteiger partial charge in [0, 0.05) is 25.8 Å². The van der Waals surface area contributed by atoms with Gasteiger partial charge in [0.15, 0.2) is 0 Å². The van der Waals surface area contributed by atoms with Crippen LogP contribution in [0.25, 0.3) is 0 Å². The Morgan fingerprint density at radius 2 is 0.895 bits per heavy atom. The average molecular weight is 421 g/mol. The molecule has 2 aromatic rings. The Morgan fingerprint density at radius 3 is 1.11 bits per heavy atom. The molecule has 2 aromatic carbocycles. The number of hydrogen-bond acceptors (Lipinski definition) is 0. The van der Waals surface area contributed by atoms with E-state index in [1.54, 1.807) is 0 Å². The fourth-order valence-corrected chi connectivity index (χ4v) is 2.04. The molecule has 0 N–H and O–H groups in total. The zero-order valence-electron chi connectivity index (χ0n) is 12.7. The molecule has 0 heterocycles. The monoisotopic (exact) mass is 422 g/mol. The van der Waals surface area contributed by atoms with Gasteiger partial charge in [-0.05, 0) is 0 Å². The quantitative estimate of drug-likeness (QED) is 0.470. The zero-order valence-corrected chi connectivity index (χ0v) is 16.3. The van der Waals surface area contributed by atoms with Crippen molar-refractivity contribution >= 4 is 0 Å². The summed E-state index contributed by atoms with van der Waals surface area (Å²) in [7, 11) is 0. The van der Waals surface area contributed by atoms with Gasteiger partial charge < -0.3 is 0 Å². The molecule has 104 valence electrons. The second-order valence-corrected chi connectivity index (χ2v) is 5.78. The van der Waals surface area contributed by atoms with Crippen molar-refractivity contribution in [3.05, 3.63) is 59.7 Å². The summed E-state index contributed by atoms with van der Waals surface area (Å²) in [5, 5.41) is 0. The van der Waals surface area contributed by atoms with E-state index in [9.17, 15) is 0 Å². The molecular weight excluding hydrogens is 395 g/mol. The van der Waals surface area contributed by atoms with E-state index in [2.05, 4.69) is 76.2 Å². The molecule has 0 radical (unpaired) electrons. The normalized spacial score (nSPS) is 10.0. The van der Waals surface area contributed by atoms with Crippen LogP contribution in [-0.2, 0) is 38.7 Å². The van der Waals surface area contributed by atoms with Crippen molar-refractivity contribution < 1.29 is 25.8 Å². The molecule has 0 atom stereocenters. The summed E-state index contributed by atoms with van der Waals surface area (Å²) in [6.07, 6.45) is 2.43. The van der Waals surface area contributed by atoms with Gasteiger partial charge in [-0.3, -0.25) is 0 Å². The first-order chi connectivity index (χ1) is 8.58. The largest absolute Gasteiger partial charge is 0.213 e. The standard InChI is InChI=1S/2C9H13.Hf/c2*1-8(2)7-9-5-3-4-6-9;/h2*3-6,8H,7H2,1-2H3;/q2*-1;. The molecule has 0 aliphatic rings. The summed E-state index contributed by atoms with van der Waals surface area (Å²) in [5.41, 5.74) is 2.93. The van der Waals surface area contributed by atoms with E-state index >= 15 is 0 Å². The molecule has 2 rings (SSSR count). The predicted octanol–water partition coefficient (Wildman–Crippen LogP) is 5.21. The van der Waals surface area contributed by atoms with Crippen LogP contribution in [0, 0.1) is 11.8 Å². The smallest absolute Gasteiger partial charge is 0 e. The van der Waals surface area contributed by atoms with Crippen molar-refractivity contribution in [1.82, 2.24) is 0 Å². The van der Waals surface area contributed by atoms with Crippen molar-refractivity contribution in [2.75, 3.05) is 0 Å². The molecule has 0 saturated carbocycles. The van der Waals surface area contributed by atoms with Crippen molar-refractivity contribution in [1.29, 1.82) is 0 Å². The van der Waals surface area contributed by atoms with Gasteiger partial charge in [0.1, 0.15) is 0 Å². The summed E-state index contributed by atoms with van der Waals surface area (Å²) in [4.78, 5) is 0. The summed E-state index contributed by atoms with van der Waals surface area (Å²) in [5.74, 6) is 1.57. The van der Waals surface area contributed by atoms with Gasteiger partial charge in [-0.15, -0.1) is 0 Å². The molecule has 0 unspecified atom stereocenters. The van der Waals surface area contributed by atoms with Crippen LogP contribution in [0.1, 0.15) is 38.8 Å². The maximum Gasteiger partial charge on any atom is 0 e. The van der Waals surface area contributed by atoms with Gasteiger partial charge in [-0.2, -0.15) is 35.4 Å². The van der Waals surface area contributed by atoms with Crippen molar-refractivity contribution in [3.8, 4) is 0 Å². The predicted molar refractivity (Wildman–Crippen MR) is 81.2 cm³/mol. The fraction of sp³-hybridized carbons (Fsp3) is 0.444. The average Bonchev–Trinajstić information content (AvgIpc) is 2.90. The topological polar surface area (TPSA) is 0 Å². The van der Waals surface area contributed by atoms with Gasteiger partial charge in [0.05, 0.1) is 0 Å². The van der Waals surface area contributed by atoms with E-state index in [1.165, 1.54) is 24.0 Å². The summed E-state index contributed by atoms with van der Waals surface area (Å²) in [6, 6.07) is 17.1. The third kappa shape index (κ3) is 9.15. The minimum atomic E-state index is 0. The zero-order chi connectivity index (χ0) is 13.4. The summed E-state index contributed by atoms with van der Waals surface area (Å²) >= 11 is 0. The van der Waals surface area contributed by atoms with Crippen LogP contribution in [0.4, 0.5) is 0 Å². The second kappa shape index (κ2) is 10.4. The first-order valence-corrected chi connectivity index (χ1v) is 6.99. The van der Waals surface area contributed by atoms with Crippen molar-refractivity contribution in [2.24, 2.45) is 11.8 Å². The van der Waals surface area contributed by atoms with Crippen LogP contribution in [0.5, 0.6) is 0 Å². The van der Waals surface area contributed by atoms with E-state index in [0.29, 0.717) is 0 Å². The third-order valence-corrected chi connectivity index (χ3v) is 2.75. The number of rotatable bonds is 4. The molecule has 0 spiro atoms. The minimum Gasteiger partial charge on any atom is -0.213 e. The molecule has 0 bridgehead atoms. The first kappa shape index (κ1) is 18.6. The van der Waals surface area contributed by atoms with E-state index in [-0.39, 0.29) is 25.8 Å². The Hall–Kier alpha value is -0.430. The van der Waals surface area contributed by atoms with Crippen LogP contribution >= 0.6 is 0 Å². The van der Waals surface area contributed by atoms with Crippen molar-refractivity contribution in [2.45, 2.75) is 40.5 Å². The molecule has 0 aliphatic heterocycles. The molecule has 0 fully saturated rings. The molecule has 19 heavy (non-hydrogen) atoms. The van der Waals surface area contributed by atoms with Gasteiger partial charge in [0.2, 0.25) is 0 Å². The van der Waals surface area contributed by atoms with E-state index in [1.807, 2.05) is 0 Å². The Balaban J connectivity index is 0.000000324. The minimum absolute atomic E-state index is 0. The molecular formula is C18H26Hf-2. The van der Waals surface area contributed by atoms with Crippen LogP contribution in [0.3, 0.4) is 0 Å². The Labute approximate surface area is 137 Å². The molecule has 0 amide bonds. The summed E-state index contributed by atoms with van der Waals surface area (Å²) < 4.78 is 0. The van der Waals surface area contributed by atoms with Gasteiger partial charge in [0.25, 0.3) is 0 Å². The second-order valence-electron chi connectivity index (χ2n) is 5.78. The van der Waals surface area contributed by atoms with E-state index in [4.69, 9.17) is 0 Å². The number of hydrogen-bond donors (Lipinski definition) is 0. The first-order valence-electron chi connectivity index (χ1n) is 6.99. The fourth-order valence-electron chi connectivity index (χ4n) is 2.04. The van der Waals surface area contributed by atoms with Crippen LogP contribution in [0.15, 0.2) is 48.5 Å². The summed E-state index contributed by atoms with van der Waals surface area (Å²) in [6.45, 7) is 8.97. The maximum absolute atomic E-state index is 2.24. The molecule has 0 saturated heterocycles.